The molecule has 1 atom stereocenters. The minimum atomic E-state index is -0.0900. The van der Waals surface area contributed by atoms with E-state index in [1.807, 2.05) is 36.4 Å². The summed E-state index contributed by atoms with van der Waals surface area (Å²) in [5.41, 5.74) is 8.27. The van der Waals surface area contributed by atoms with Crippen LogP contribution in [0.25, 0.3) is 0 Å². The molecule has 0 aliphatic heterocycles. The molecule has 0 aliphatic carbocycles. The van der Waals surface area contributed by atoms with E-state index in [4.69, 9.17) is 17.3 Å². The van der Waals surface area contributed by atoms with Crippen molar-refractivity contribution in [1.29, 1.82) is 0 Å². The number of benzene rings is 2. The molecule has 25 heavy (non-hydrogen) atoms. The number of amides is 1. The number of hydrogen-bond acceptors (Lipinski definition) is 3. The van der Waals surface area contributed by atoms with Crippen LogP contribution in [0.4, 0.5) is 0 Å². The van der Waals surface area contributed by atoms with Crippen molar-refractivity contribution < 1.29 is 4.79 Å². The van der Waals surface area contributed by atoms with Crippen LogP contribution in [0.1, 0.15) is 41.4 Å². The van der Waals surface area contributed by atoms with Gasteiger partial charge in [-0.1, -0.05) is 55.8 Å². The van der Waals surface area contributed by atoms with Gasteiger partial charge in [0.05, 0.1) is 6.04 Å². The van der Waals surface area contributed by atoms with Crippen LogP contribution in [0.5, 0.6) is 0 Å². The van der Waals surface area contributed by atoms with E-state index in [9.17, 15) is 4.79 Å². The molecule has 5 heteroatoms. The topological polar surface area (TPSA) is 58.4 Å². The lowest BCUT2D eigenvalue weighted by Gasteiger charge is -2.31. The Balaban J connectivity index is 2.13. The Morgan fingerprint density at radius 2 is 1.76 bits per heavy atom. The molecule has 2 aromatic rings. The van der Waals surface area contributed by atoms with E-state index in [2.05, 4.69) is 24.1 Å². The van der Waals surface area contributed by atoms with Gasteiger partial charge in [-0.25, -0.2) is 0 Å². The third-order valence-electron chi connectivity index (χ3n) is 4.43. The van der Waals surface area contributed by atoms with Crippen LogP contribution in [0.2, 0.25) is 5.02 Å². The Bertz CT molecular complexity index is 684. The third-order valence-corrected chi connectivity index (χ3v) is 4.77. The summed E-state index contributed by atoms with van der Waals surface area (Å²) < 4.78 is 0. The zero-order valence-corrected chi connectivity index (χ0v) is 15.6. The van der Waals surface area contributed by atoms with Crippen LogP contribution < -0.4 is 11.1 Å². The van der Waals surface area contributed by atoms with Gasteiger partial charge in [-0.3, -0.25) is 9.69 Å². The molecule has 0 heterocycles. The Morgan fingerprint density at radius 1 is 1.12 bits per heavy atom. The molecular formula is C20H26ClN3O. The van der Waals surface area contributed by atoms with Crippen molar-refractivity contribution in [2.24, 2.45) is 5.73 Å². The van der Waals surface area contributed by atoms with Crippen LogP contribution >= 0.6 is 11.6 Å². The summed E-state index contributed by atoms with van der Waals surface area (Å²) in [6.45, 7) is 6.96. The minimum Gasteiger partial charge on any atom is -0.350 e. The van der Waals surface area contributed by atoms with Crippen LogP contribution in [0.15, 0.2) is 48.5 Å². The molecule has 0 saturated heterocycles. The van der Waals surface area contributed by atoms with Crippen LogP contribution in [-0.2, 0) is 6.54 Å². The smallest absolute Gasteiger partial charge is 0.251 e. The fourth-order valence-electron chi connectivity index (χ4n) is 2.93. The summed E-state index contributed by atoms with van der Waals surface area (Å²) in [6.07, 6.45) is 0. The van der Waals surface area contributed by atoms with Crippen molar-refractivity contribution in [3.8, 4) is 0 Å². The Morgan fingerprint density at radius 3 is 2.32 bits per heavy atom. The molecule has 2 rings (SSSR count). The van der Waals surface area contributed by atoms with Crippen LogP contribution in [0.3, 0.4) is 0 Å². The molecule has 1 unspecified atom stereocenters. The number of nitrogens with zero attached hydrogens (tertiary/aromatic N) is 1. The maximum Gasteiger partial charge on any atom is 0.251 e. The van der Waals surface area contributed by atoms with Gasteiger partial charge in [0, 0.05) is 23.7 Å². The van der Waals surface area contributed by atoms with E-state index >= 15 is 0 Å². The van der Waals surface area contributed by atoms with Crippen molar-refractivity contribution in [3.05, 3.63) is 70.2 Å². The lowest BCUT2D eigenvalue weighted by atomic mass is 10.0. The zero-order valence-electron chi connectivity index (χ0n) is 14.8. The van der Waals surface area contributed by atoms with Gasteiger partial charge >= 0.3 is 0 Å². The molecule has 0 saturated carbocycles. The second kappa shape index (κ2) is 9.56. The number of nitrogens with two attached hydrogens (primary N) is 1. The Kier molecular flexibility index (Phi) is 7.44. The molecule has 0 radical (unpaired) electrons. The van der Waals surface area contributed by atoms with Gasteiger partial charge in [-0.15, -0.1) is 0 Å². The molecule has 0 fully saturated rings. The normalized spacial score (nSPS) is 12.2. The summed E-state index contributed by atoms with van der Waals surface area (Å²) in [4.78, 5) is 14.8. The van der Waals surface area contributed by atoms with Crippen molar-refractivity contribution in [1.82, 2.24) is 10.2 Å². The number of hydrogen-bond donors (Lipinski definition) is 2. The first-order valence-corrected chi connectivity index (χ1v) is 9.04. The van der Waals surface area contributed by atoms with E-state index in [0.717, 1.165) is 29.2 Å². The minimum absolute atomic E-state index is 0.0379. The van der Waals surface area contributed by atoms with E-state index in [1.54, 1.807) is 12.1 Å². The highest BCUT2D eigenvalue weighted by Crippen LogP contribution is 2.27. The fraction of sp³-hybridized carbons (Fsp3) is 0.350. The monoisotopic (exact) mass is 359 g/mol. The largest absolute Gasteiger partial charge is 0.350 e. The molecule has 0 bridgehead atoms. The molecule has 0 aromatic heterocycles. The second-order valence-electron chi connectivity index (χ2n) is 5.87. The van der Waals surface area contributed by atoms with Crippen molar-refractivity contribution in [2.75, 3.05) is 19.6 Å². The molecule has 1 amide bonds. The molecular weight excluding hydrogens is 334 g/mol. The molecule has 2 aromatic carbocycles. The lowest BCUT2D eigenvalue weighted by Crippen LogP contribution is -2.38. The quantitative estimate of drug-likeness (QED) is 0.757. The fourth-order valence-corrected chi connectivity index (χ4v) is 3.19. The number of halogens is 1. The first-order valence-electron chi connectivity index (χ1n) is 8.66. The number of carbonyl (C=O) groups excluding carboxylic acids is 1. The molecule has 0 aliphatic rings. The molecule has 134 valence electrons. The summed E-state index contributed by atoms with van der Waals surface area (Å²) >= 11 is 6.39. The first kappa shape index (κ1) is 19.4. The van der Waals surface area contributed by atoms with Gasteiger partial charge in [0.15, 0.2) is 0 Å². The van der Waals surface area contributed by atoms with E-state index in [1.165, 1.54) is 0 Å². The number of likely N-dealkylation sites (N-methyl/N-ethyl adjacent to an activating group) is 1. The van der Waals surface area contributed by atoms with Crippen LogP contribution in [-0.4, -0.2) is 30.4 Å². The average molecular weight is 360 g/mol. The standard InChI is InChI=1S/C20H26ClN3O/c1-3-24(4-2)19(17-7-5-6-8-18(17)21)14-23-20(25)16-11-9-15(13-22)10-12-16/h5-12,19H,3-4,13-14,22H2,1-2H3,(H,23,25). The highest BCUT2D eigenvalue weighted by atomic mass is 35.5. The second-order valence-corrected chi connectivity index (χ2v) is 6.28. The van der Waals surface area contributed by atoms with E-state index < -0.39 is 0 Å². The Labute approximate surface area is 155 Å². The Hall–Kier alpha value is -1.88. The van der Waals surface area contributed by atoms with Crippen LogP contribution in [0, 0.1) is 0 Å². The zero-order chi connectivity index (χ0) is 18.2. The lowest BCUT2D eigenvalue weighted by molar-refractivity contribution is 0.0935. The van der Waals surface area contributed by atoms with Crippen molar-refractivity contribution in [3.63, 3.8) is 0 Å². The number of rotatable bonds is 8. The third kappa shape index (κ3) is 5.05. The maximum atomic E-state index is 12.5. The van der Waals surface area contributed by atoms with Gasteiger partial charge in [0.25, 0.3) is 5.91 Å². The summed E-state index contributed by atoms with van der Waals surface area (Å²) in [5.74, 6) is -0.0900. The summed E-state index contributed by atoms with van der Waals surface area (Å²) in [5, 5.41) is 3.76. The van der Waals surface area contributed by atoms with Gasteiger partial charge in [0.1, 0.15) is 0 Å². The molecule has 0 spiro atoms. The summed E-state index contributed by atoms with van der Waals surface area (Å²) in [7, 11) is 0. The first-order chi connectivity index (χ1) is 12.1. The predicted molar refractivity (Wildman–Crippen MR) is 104 cm³/mol. The van der Waals surface area contributed by atoms with Gasteiger partial charge in [-0.2, -0.15) is 0 Å². The van der Waals surface area contributed by atoms with Gasteiger partial charge in [0.2, 0.25) is 0 Å². The highest BCUT2D eigenvalue weighted by Gasteiger charge is 2.21. The molecule has 4 nitrogen and oxygen atoms in total. The maximum absolute atomic E-state index is 12.5. The SMILES string of the molecule is CCN(CC)C(CNC(=O)c1ccc(CN)cc1)c1ccccc1Cl. The average Bonchev–Trinajstić information content (AvgIpc) is 2.65. The van der Waals surface area contributed by atoms with Gasteiger partial charge in [-0.05, 0) is 42.4 Å². The molecule has 3 N–H and O–H groups in total. The van der Waals surface area contributed by atoms with E-state index in [0.29, 0.717) is 18.7 Å². The van der Waals surface area contributed by atoms with Crippen molar-refractivity contribution >= 4 is 17.5 Å². The summed E-state index contributed by atoms with van der Waals surface area (Å²) in [6, 6.07) is 15.2. The highest BCUT2D eigenvalue weighted by molar-refractivity contribution is 6.31. The van der Waals surface area contributed by atoms with E-state index in [-0.39, 0.29) is 11.9 Å². The van der Waals surface area contributed by atoms with Crippen molar-refractivity contribution in [2.45, 2.75) is 26.4 Å². The predicted octanol–water partition coefficient (Wildman–Crippen LogP) is 3.61. The number of nitrogens with one attached hydrogen (secondary N) is 1. The number of carbonyl (C=O) groups is 1. The van der Waals surface area contributed by atoms with Gasteiger partial charge < -0.3 is 11.1 Å².